The lowest BCUT2D eigenvalue weighted by atomic mass is 10.2. The summed E-state index contributed by atoms with van der Waals surface area (Å²) in [6, 6.07) is 0. The number of carbonyl (C=O) groups is 2. The lowest BCUT2D eigenvalue weighted by molar-refractivity contribution is 0.100. The van der Waals surface area contributed by atoms with Crippen LogP contribution in [0.5, 0.6) is 0 Å². The molecule has 0 aliphatic heterocycles. The largest absolute Gasteiger partial charge is 0.296 e. The van der Waals surface area contributed by atoms with Crippen LogP contribution in [0.2, 0.25) is 0 Å². The summed E-state index contributed by atoms with van der Waals surface area (Å²) < 4.78 is 0. The number of aromatic nitrogens is 2. The summed E-state index contributed by atoms with van der Waals surface area (Å²) >= 11 is 0. The monoisotopic (exact) mass is 138 g/mol. The van der Waals surface area contributed by atoms with Crippen LogP contribution in [0.15, 0.2) is 6.20 Å². The molecule has 0 aromatic carbocycles. The highest BCUT2D eigenvalue weighted by Gasteiger charge is 2.06. The van der Waals surface area contributed by atoms with Gasteiger partial charge in [-0.15, -0.1) is 0 Å². The van der Waals surface area contributed by atoms with Crippen LogP contribution in [0.4, 0.5) is 0 Å². The standard InChI is InChI=1S/C6H6N2O2/c1-4(10)5-2-7-8-6(5)3-9/h2-3H,1H3,(H,7,8). The van der Waals surface area contributed by atoms with E-state index in [-0.39, 0.29) is 11.5 Å². The Labute approximate surface area is 57.2 Å². The van der Waals surface area contributed by atoms with Gasteiger partial charge in [-0.25, -0.2) is 0 Å². The second-order valence-electron chi connectivity index (χ2n) is 1.87. The number of hydrogen-bond acceptors (Lipinski definition) is 3. The molecule has 0 saturated carbocycles. The van der Waals surface area contributed by atoms with Crippen molar-refractivity contribution < 1.29 is 9.59 Å². The third-order valence-corrected chi connectivity index (χ3v) is 1.17. The molecule has 0 bridgehead atoms. The Bertz CT molecular complexity index is 264. The summed E-state index contributed by atoms with van der Waals surface area (Å²) in [7, 11) is 0. The lowest BCUT2D eigenvalue weighted by Gasteiger charge is -1.85. The van der Waals surface area contributed by atoms with Crippen LogP contribution in [0, 0.1) is 0 Å². The van der Waals surface area contributed by atoms with E-state index in [2.05, 4.69) is 10.2 Å². The molecule has 0 spiro atoms. The first kappa shape index (κ1) is 6.67. The van der Waals surface area contributed by atoms with E-state index in [1.807, 2.05) is 0 Å². The summed E-state index contributed by atoms with van der Waals surface area (Å²) in [4.78, 5) is 20.8. The van der Waals surface area contributed by atoms with E-state index in [1.165, 1.54) is 13.1 Å². The Morgan fingerprint density at radius 2 is 2.50 bits per heavy atom. The van der Waals surface area contributed by atoms with Crippen LogP contribution in [-0.2, 0) is 0 Å². The highest BCUT2D eigenvalue weighted by molar-refractivity contribution is 6.00. The molecule has 1 heterocycles. The van der Waals surface area contributed by atoms with Crippen molar-refractivity contribution in [2.45, 2.75) is 6.92 Å². The Hall–Kier alpha value is -1.45. The summed E-state index contributed by atoms with van der Waals surface area (Å²) in [6.07, 6.45) is 1.91. The quantitative estimate of drug-likeness (QED) is 0.476. The maximum absolute atomic E-state index is 10.7. The van der Waals surface area contributed by atoms with Crippen molar-refractivity contribution in [1.82, 2.24) is 10.2 Å². The van der Waals surface area contributed by atoms with Crippen LogP contribution in [0.1, 0.15) is 27.8 Å². The minimum Gasteiger partial charge on any atom is -0.296 e. The maximum atomic E-state index is 10.7. The fraction of sp³-hybridized carbons (Fsp3) is 0.167. The van der Waals surface area contributed by atoms with E-state index in [1.54, 1.807) is 0 Å². The molecular weight excluding hydrogens is 132 g/mol. The molecule has 4 heteroatoms. The van der Waals surface area contributed by atoms with Gasteiger partial charge in [-0.1, -0.05) is 0 Å². The molecule has 0 radical (unpaired) electrons. The molecule has 0 fully saturated rings. The number of ketones is 1. The zero-order chi connectivity index (χ0) is 7.56. The normalized spacial score (nSPS) is 9.30. The zero-order valence-electron chi connectivity index (χ0n) is 5.42. The Morgan fingerprint density at radius 1 is 1.80 bits per heavy atom. The second-order valence-corrected chi connectivity index (χ2v) is 1.87. The van der Waals surface area contributed by atoms with Crippen molar-refractivity contribution in [1.29, 1.82) is 0 Å². The van der Waals surface area contributed by atoms with E-state index in [9.17, 15) is 9.59 Å². The van der Waals surface area contributed by atoms with Crippen molar-refractivity contribution in [3.63, 3.8) is 0 Å². The highest BCUT2D eigenvalue weighted by atomic mass is 16.1. The van der Waals surface area contributed by atoms with Crippen LogP contribution < -0.4 is 0 Å². The number of nitrogens with one attached hydrogen (secondary N) is 1. The maximum Gasteiger partial charge on any atom is 0.168 e. The number of hydrogen-bond donors (Lipinski definition) is 1. The van der Waals surface area contributed by atoms with Gasteiger partial charge in [-0.2, -0.15) is 5.10 Å². The number of carbonyl (C=O) groups excluding carboxylic acids is 2. The van der Waals surface area contributed by atoms with E-state index in [0.29, 0.717) is 11.8 Å². The molecule has 0 atom stereocenters. The fourth-order valence-electron chi connectivity index (χ4n) is 0.667. The van der Waals surface area contributed by atoms with Gasteiger partial charge >= 0.3 is 0 Å². The molecule has 4 nitrogen and oxygen atoms in total. The first-order valence-corrected chi connectivity index (χ1v) is 2.75. The number of rotatable bonds is 2. The summed E-state index contributed by atoms with van der Waals surface area (Å²) in [6.45, 7) is 1.39. The molecule has 0 saturated heterocycles. The van der Waals surface area contributed by atoms with Gasteiger partial charge in [-0.3, -0.25) is 14.7 Å². The average Bonchev–Trinajstić information content (AvgIpc) is 2.33. The third kappa shape index (κ3) is 0.953. The first-order chi connectivity index (χ1) is 4.75. The van der Waals surface area contributed by atoms with Crippen molar-refractivity contribution in [2.75, 3.05) is 0 Å². The molecular formula is C6H6N2O2. The molecule has 1 aromatic rings. The Balaban J connectivity index is 3.13. The molecule has 1 N–H and O–H groups in total. The smallest absolute Gasteiger partial charge is 0.168 e. The van der Waals surface area contributed by atoms with Crippen molar-refractivity contribution in [3.05, 3.63) is 17.5 Å². The van der Waals surface area contributed by atoms with Gasteiger partial charge in [0.2, 0.25) is 0 Å². The summed E-state index contributed by atoms with van der Waals surface area (Å²) in [5, 5.41) is 5.94. The predicted molar refractivity (Wildman–Crippen MR) is 34.0 cm³/mol. The van der Waals surface area contributed by atoms with Gasteiger partial charge in [0.1, 0.15) is 5.69 Å². The molecule has 0 aliphatic carbocycles. The molecule has 0 unspecified atom stereocenters. The second kappa shape index (κ2) is 2.43. The van der Waals surface area contributed by atoms with Crippen LogP contribution >= 0.6 is 0 Å². The van der Waals surface area contributed by atoms with Gasteiger partial charge in [0.15, 0.2) is 12.1 Å². The first-order valence-electron chi connectivity index (χ1n) is 2.75. The van der Waals surface area contributed by atoms with Crippen molar-refractivity contribution in [3.8, 4) is 0 Å². The van der Waals surface area contributed by atoms with Gasteiger partial charge in [0.25, 0.3) is 0 Å². The number of aromatic amines is 1. The topological polar surface area (TPSA) is 62.8 Å². The van der Waals surface area contributed by atoms with E-state index in [0.717, 1.165) is 0 Å². The SMILES string of the molecule is CC(=O)c1cn[nH]c1C=O. The third-order valence-electron chi connectivity index (χ3n) is 1.17. The molecule has 0 amide bonds. The van der Waals surface area contributed by atoms with Crippen LogP contribution in [0.3, 0.4) is 0 Å². The van der Waals surface area contributed by atoms with Gasteiger partial charge in [-0.05, 0) is 6.92 Å². The van der Waals surface area contributed by atoms with Crippen molar-refractivity contribution in [2.24, 2.45) is 0 Å². The number of aldehydes is 1. The van der Waals surface area contributed by atoms with E-state index < -0.39 is 0 Å². The fourth-order valence-corrected chi connectivity index (χ4v) is 0.667. The van der Waals surface area contributed by atoms with Gasteiger partial charge in [0, 0.05) is 0 Å². The predicted octanol–water partition coefficient (Wildman–Crippen LogP) is 0.425. The molecule has 1 aromatic heterocycles. The molecule has 1 rings (SSSR count). The van der Waals surface area contributed by atoms with Gasteiger partial charge in [0.05, 0.1) is 11.8 Å². The van der Waals surface area contributed by atoms with E-state index in [4.69, 9.17) is 0 Å². The number of Topliss-reactive ketones (excluding diaryl/α,β-unsaturated/α-hetero) is 1. The molecule has 10 heavy (non-hydrogen) atoms. The summed E-state index contributed by atoms with van der Waals surface area (Å²) in [5.74, 6) is -0.157. The van der Waals surface area contributed by atoms with Gasteiger partial charge < -0.3 is 0 Å². The average molecular weight is 138 g/mol. The Kier molecular flexibility index (Phi) is 1.62. The molecule has 0 aliphatic rings. The number of nitrogens with zero attached hydrogens (tertiary/aromatic N) is 1. The van der Waals surface area contributed by atoms with Crippen LogP contribution in [0.25, 0.3) is 0 Å². The minimum atomic E-state index is -0.157. The minimum absolute atomic E-state index is 0.157. The van der Waals surface area contributed by atoms with Crippen molar-refractivity contribution >= 4 is 12.1 Å². The Morgan fingerprint density at radius 3 is 2.90 bits per heavy atom. The highest BCUT2D eigenvalue weighted by Crippen LogP contribution is 2.01. The number of H-pyrrole nitrogens is 1. The van der Waals surface area contributed by atoms with E-state index >= 15 is 0 Å². The zero-order valence-corrected chi connectivity index (χ0v) is 5.42. The molecule has 52 valence electrons. The lowest BCUT2D eigenvalue weighted by Crippen LogP contribution is -1.94. The summed E-state index contributed by atoms with van der Waals surface area (Å²) in [5.41, 5.74) is 0.586. The van der Waals surface area contributed by atoms with Crippen LogP contribution in [-0.4, -0.2) is 22.3 Å².